The molecule has 2 aliphatic heterocycles. The highest BCUT2D eigenvalue weighted by molar-refractivity contribution is 5.90. The SMILES string of the molecule is C[C@@H]1Cc2nn3c(c2CN1C(=O)Nc1ccnc(C(F)F)c1F)C(F)(F)CC[C@H](CO)C3. The monoisotopic (exact) mass is 459 g/mol. The summed E-state index contributed by atoms with van der Waals surface area (Å²) in [7, 11) is 0. The molecule has 174 valence electrons. The van der Waals surface area contributed by atoms with Gasteiger partial charge in [-0.05, 0) is 19.4 Å². The van der Waals surface area contributed by atoms with E-state index in [-0.39, 0.29) is 49.7 Å². The van der Waals surface area contributed by atoms with Crippen molar-refractivity contribution in [3.05, 3.63) is 40.7 Å². The first-order valence-electron chi connectivity index (χ1n) is 10.2. The zero-order chi connectivity index (χ0) is 23.2. The van der Waals surface area contributed by atoms with Crippen LogP contribution in [0, 0.1) is 11.7 Å². The average Bonchev–Trinajstić information content (AvgIpc) is 3.02. The van der Waals surface area contributed by atoms with E-state index in [1.54, 1.807) is 6.92 Å². The molecule has 2 aliphatic rings. The summed E-state index contributed by atoms with van der Waals surface area (Å²) < 4.78 is 71.2. The Bertz CT molecular complexity index is 1030. The highest BCUT2D eigenvalue weighted by Crippen LogP contribution is 2.42. The second-order valence-corrected chi connectivity index (χ2v) is 8.22. The summed E-state index contributed by atoms with van der Waals surface area (Å²) in [6.45, 7) is 1.41. The van der Waals surface area contributed by atoms with Crippen LogP contribution in [-0.4, -0.2) is 43.5 Å². The quantitative estimate of drug-likeness (QED) is 0.684. The number of pyridine rings is 1. The fourth-order valence-electron chi connectivity index (χ4n) is 4.29. The van der Waals surface area contributed by atoms with Crippen LogP contribution in [0.5, 0.6) is 0 Å². The molecule has 0 unspecified atom stereocenters. The predicted molar refractivity (Wildman–Crippen MR) is 103 cm³/mol. The van der Waals surface area contributed by atoms with Crippen LogP contribution in [0.1, 0.15) is 48.8 Å². The number of aliphatic hydroxyl groups excluding tert-OH is 1. The fraction of sp³-hybridized carbons (Fsp3) is 0.550. The lowest BCUT2D eigenvalue weighted by Crippen LogP contribution is -2.45. The van der Waals surface area contributed by atoms with Crippen LogP contribution in [0.25, 0.3) is 0 Å². The molecular weight excluding hydrogens is 437 g/mol. The third-order valence-electron chi connectivity index (χ3n) is 6.01. The molecule has 7 nitrogen and oxygen atoms in total. The molecule has 4 rings (SSSR count). The molecule has 0 spiro atoms. The molecule has 4 heterocycles. The number of urea groups is 1. The number of nitrogens with one attached hydrogen (secondary N) is 1. The fourth-order valence-corrected chi connectivity index (χ4v) is 4.29. The average molecular weight is 459 g/mol. The number of aromatic nitrogens is 3. The van der Waals surface area contributed by atoms with Crippen molar-refractivity contribution in [3.63, 3.8) is 0 Å². The van der Waals surface area contributed by atoms with Crippen LogP contribution in [0.3, 0.4) is 0 Å². The Hall–Kier alpha value is -2.76. The minimum absolute atomic E-state index is 0.135. The van der Waals surface area contributed by atoms with Crippen LogP contribution in [0.2, 0.25) is 0 Å². The third-order valence-corrected chi connectivity index (χ3v) is 6.01. The molecule has 2 aromatic rings. The number of halogens is 5. The van der Waals surface area contributed by atoms with E-state index in [9.17, 15) is 31.9 Å². The summed E-state index contributed by atoms with van der Waals surface area (Å²) in [4.78, 5) is 17.4. The number of anilines is 1. The smallest absolute Gasteiger partial charge is 0.322 e. The largest absolute Gasteiger partial charge is 0.396 e. The van der Waals surface area contributed by atoms with Gasteiger partial charge in [0.2, 0.25) is 0 Å². The molecule has 0 aliphatic carbocycles. The molecule has 0 bridgehead atoms. The Kier molecular flexibility index (Phi) is 5.82. The van der Waals surface area contributed by atoms with E-state index in [0.717, 1.165) is 12.3 Å². The van der Waals surface area contributed by atoms with Gasteiger partial charge in [0.05, 0.1) is 17.9 Å². The lowest BCUT2D eigenvalue weighted by molar-refractivity contribution is -0.0227. The topological polar surface area (TPSA) is 83.3 Å². The van der Waals surface area contributed by atoms with E-state index in [4.69, 9.17) is 0 Å². The van der Waals surface area contributed by atoms with Gasteiger partial charge in [0.1, 0.15) is 11.4 Å². The Morgan fingerprint density at radius 2 is 2.16 bits per heavy atom. The number of hydrogen-bond donors (Lipinski definition) is 2. The highest BCUT2D eigenvalue weighted by atomic mass is 19.3. The summed E-state index contributed by atoms with van der Waals surface area (Å²) >= 11 is 0. The molecule has 2 N–H and O–H groups in total. The van der Waals surface area contributed by atoms with Gasteiger partial charge in [-0.3, -0.25) is 9.67 Å². The minimum Gasteiger partial charge on any atom is -0.396 e. The minimum atomic E-state index is -3.18. The molecule has 2 amide bonds. The summed E-state index contributed by atoms with van der Waals surface area (Å²) in [6.07, 6.45) is -2.32. The number of nitrogens with zero attached hydrogens (tertiary/aromatic N) is 4. The Balaban J connectivity index is 1.62. The van der Waals surface area contributed by atoms with E-state index in [0.29, 0.717) is 5.69 Å². The third kappa shape index (κ3) is 3.91. The van der Waals surface area contributed by atoms with Gasteiger partial charge in [-0.1, -0.05) is 0 Å². The van der Waals surface area contributed by atoms with Gasteiger partial charge in [-0.15, -0.1) is 0 Å². The van der Waals surface area contributed by atoms with Crippen LogP contribution < -0.4 is 5.32 Å². The Labute approximate surface area is 180 Å². The summed E-state index contributed by atoms with van der Waals surface area (Å²) in [5, 5.41) is 16.0. The second-order valence-electron chi connectivity index (χ2n) is 8.22. The van der Waals surface area contributed by atoms with Gasteiger partial charge in [0.25, 0.3) is 12.3 Å². The molecule has 2 aromatic heterocycles. The van der Waals surface area contributed by atoms with Crippen molar-refractivity contribution < 1.29 is 31.9 Å². The molecule has 32 heavy (non-hydrogen) atoms. The van der Waals surface area contributed by atoms with Crippen molar-refractivity contribution in [2.24, 2.45) is 5.92 Å². The number of amides is 2. The number of hydrogen-bond acceptors (Lipinski definition) is 4. The maximum absolute atomic E-state index is 14.9. The number of fused-ring (bicyclic) bond motifs is 3. The van der Waals surface area contributed by atoms with Crippen LogP contribution in [0.15, 0.2) is 12.3 Å². The molecule has 2 atom stereocenters. The lowest BCUT2D eigenvalue weighted by atomic mass is 9.96. The van der Waals surface area contributed by atoms with Gasteiger partial charge >= 0.3 is 6.03 Å². The molecule has 12 heteroatoms. The van der Waals surface area contributed by atoms with E-state index in [1.165, 1.54) is 9.58 Å². The van der Waals surface area contributed by atoms with Crippen molar-refractivity contribution in [3.8, 4) is 0 Å². The van der Waals surface area contributed by atoms with Gasteiger partial charge < -0.3 is 15.3 Å². The molecule has 0 aromatic carbocycles. The van der Waals surface area contributed by atoms with E-state index >= 15 is 0 Å². The van der Waals surface area contributed by atoms with Gasteiger partial charge in [-0.2, -0.15) is 13.9 Å². The first-order valence-corrected chi connectivity index (χ1v) is 10.2. The van der Waals surface area contributed by atoms with E-state index < -0.39 is 48.0 Å². The van der Waals surface area contributed by atoms with Crippen molar-refractivity contribution >= 4 is 11.7 Å². The van der Waals surface area contributed by atoms with Crippen LogP contribution >= 0.6 is 0 Å². The predicted octanol–water partition coefficient (Wildman–Crippen LogP) is 3.83. The summed E-state index contributed by atoms with van der Waals surface area (Å²) in [5.41, 5.74) is -1.15. The number of alkyl halides is 4. The molecule has 0 saturated heterocycles. The highest BCUT2D eigenvalue weighted by Gasteiger charge is 2.44. The van der Waals surface area contributed by atoms with Crippen molar-refractivity contribution in [2.75, 3.05) is 11.9 Å². The molecular formula is C20H22F5N5O2. The standard InChI is InChI=1S/C20H22F5N5O2/c1-10-6-14-12(17-20(24,25)4-2-11(9-31)7-30(17)28-14)8-29(10)19(32)27-13-3-5-26-16(15(13)21)18(22)23/h3,5,10-11,18,31H,2,4,6-9H2,1H3,(H,26,27,32)/t10-,11+/m1/s1. The summed E-state index contributed by atoms with van der Waals surface area (Å²) in [5.74, 6) is -4.88. The zero-order valence-electron chi connectivity index (χ0n) is 17.2. The Morgan fingerprint density at radius 3 is 2.84 bits per heavy atom. The first-order chi connectivity index (χ1) is 15.1. The van der Waals surface area contributed by atoms with Crippen molar-refractivity contribution in [1.29, 1.82) is 0 Å². The van der Waals surface area contributed by atoms with Gasteiger partial charge in [0.15, 0.2) is 5.82 Å². The number of carbonyl (C=O) groups is 1. The second kappa shape index (κ2) is 8.30. The normalized spacial score (nSPS) is 22.3. The maximum atomic E-state index is 14.9. The maximum Gasteiger partial charge on any atom is 0.322 e. The number of carbonyl (C=O) groups excluding carboxylic acids is 1. The Morgan fingerprint density at radius 1 is 1.41 bits per heavy atom. The number of aliphatic hydroxyl groups is 1. The van der Waals surface area contributed by atoms with Crippen molar-refractivity contribution in [1.82, 2.24) is 19.7 Å². The molecule has 0 radical (unpaired) electrons. The zero-order valence-corrected chi connectivity index (χ0v) is 17.2. The van der Waals surface area contributed by atoms with Crippen molar-refractivity contribution in [2.45, 2.75) is 57.7 Å². The van der Waals surface area contributed by atoms with E-state index in [1.807, 2.05) is 0 Å². The first kappa shape index (κ1) is 22.4. The van der Waals surface area contributed by atoms with Crippen LogP contribution in [-0.2, 0) is 25.4 Å². The number of rotatable bonds is 3. The van der Waals surface area contributed by atoms with Crippen LogP contribution in [0.4, 0.5) is 32.4 Å². The lowest BCUT2D eigenvalue weighted by Gasteiger charge is -2.33. The van der Waals surface area contributed by atoms with Gasteiger partial charge in [-0.25, -0.2) is 18.0 Å². The van der Waals surface area contributed by atoms with Gasteiger partial charge in [0, 0.05) is 49.7 Å². The summed E-state index contributed by atoms with van der Waals surface area (Å²) in [6, 6.07) is -0.212. The molecule has 0 saturated carbocycles. The van der Waals surface area contributed by atoms with E-state index in [2.05, 4.69) is 15.4 Å². The molecule has 0 fully saturated rings.